The van der Waals surface area contributed by atoms with E-state index in [0.29, 0.717) is 18.0 Å². The Bertz CT molecular complexity index is 334. The Kier molecular flexibility index (Phi) is 4.19. The smallest absolute Gasteiger partial charge is 0.0250 e. The van der Waals surface area contributed by atoms with Crippen LogP contribution in [0.4, 0.5) is 0 Å². The van der Waals surface area contributed by atoms with Crippen LogP contribution < -0.4 is 5.32 Å². The molecule has 0 spiro atoms. The van der Waals surface area contributed by atoms with Crippen molar-refractivity contribution in [2.75, 3.05) is 13.1 Å². The maximum atomic E-state index is 3.54. The molecular weight excluding hydrogens is 208 g/mol. The molecule has 2 rings (SSSR count). The van der Waals surface area contributed by atoms with E-state index in [2.05, 4.69) is 61.3 Å². The first-order valence-corrected chi connectivity index (χ1v) is 6.69. The van der Waals surface area contributed by atoms with E-state index in [1.165, 1.54) is 5.56 Å². The predicted molar refractivity (Wildman–Crippen MR) is 72.9 cm³/mol. The van der Waals surface area contributed by atoms with E-state index >= 15 is 0 Å². The zero-order valence-electron chi connectivity index (χ0n) is 11.2. The molecule has 0 saturated carbocycles. The Labute approximate surface area is 105 Å². The maximum Gasteiger partial charge on any atom is 0.0250 e. The van der Waals surface area contributed by atoms with Crippen LogP contribution in [0.2, 0.25) is 0 Å². The Hall–Kier alpha value is -0.860. The number of piperazine rings is 1. The molecule has 0 amide bonds. The molecule has 0 radical (unpaired) electrons. The molecule has 0 aromatic heterocycles. The SMILES string of the molecule is CC(C)C1CNCC(C)N1Cc1ccccc1. The van der Waals surface area contributed by atoms with Gasteiger partial charge in [-0.2, -0.15) is 0 Å². The van der Waals surface area contributed by atoms with Gasteiger partial charge in [0.15, 0.2) is 0 Å². The topological polar surface area (TPSA) is 15.3 Å². The Morgan fingerprint density at radius 2 is 1.94 bits per heavy atom. The molecule has 1 aromatic carbocycles. The molecule has 1 fully saturated rings. The Morgan fingerprint density at radius 1 is 1.24 bits per heavy atom. The fourth-order valence-electron chi connectivity index (χ4n) is 2.69. The monoisotopic (exact) mass is 232 g/mol. The van der Waals surface area contributed by atoms with Crippen LogP contribution in [0.3, 0.4) is 0 Å². The highest BCUT2D eigenvalue weighted by molar-refractivity contribution is 5.15. The molecule has 2 nitrogen and oxygen atoms in total. The average Bonchev–Trinajstić information content (AvgIpc) is 2.33. The third-order valence-corrected chi connectivity index (χ3v) is 3.76. The van der Waals surface area contributed by atoms with E-state index in [0.717, 1.165) is 19.6 Å². The average molecular weight is 232 g/mol. The molecule has 2 unspecified atom stereocenters. The molecule has 1 aromatic rings. The first kappa shape index (κ1) is 12.6. The fourth-order valence-corrected chi connectivity index (χ4v) is 2.69. The highest BCUT2D eigenvalue weighted by Crippen LogP contribution is 2.20. The van der Waals surface area contributed by atoms with Gasteiger partial charge in [0.1, 0.15) is 0 Å². The highest BCUT2D eigenvalue weighted by Gasteiger charge is 2.29. The summed E-state index contributed by atoms with van der Waals surface area (Å²) in [6, 6.07) is 12.1. The Morgan fingerprint density at radius 3 is 2.59 bits per heavy atom. The second-order valence-corrected chi connectivity index (χ2v) is 5.48. The number of nitrogens with zero attached hydrogens (tertiary/aromatic N) is 1. The summed E-state index contributed by atoms with van der Waals surface area (Å²) < 4.78 is 0. The predicted octanol–water partition coefficient (Wildman–Crippen LogP) is 2.50. The van der Waals surface area contributed by atoms with Crippen molar-refractivity contribution < 1.29 is 0 Å². The number of hydrogen-bond acceptors (Lipinski definition) is 2. The molecule has 1 heterocycles. The summed E-state index contributed by atoms with van der Waals surface area (Å²) in [5.74, 6) is 0.703. The van der Waals surface area contributed by atoms with Gasteiger partial charge in [0, 0.05) is 31.7 Å². The van der Waals surface area contributed by atoms with Crippen molar-refractivity contribution in [2.24, 2.45) is 5.92 Å². The second-order valence-electron chi connectivity index (χ2n) is 5.48. The molecule has 0 aliphatic carbocycles. The number of rotatable bonds is 3. The van der Waals surface area contributed by atoms with E-state index in [-0.39, 0.29) is 0 Å². The molecule has 2 heteroatoms. The van der Waals surface area contributed by atoms with Crippen molar-refractivity contribution in [3.8, 4) is 0 Å². The highest BCUT2D eigenvalue weighted by atomic mass is 15.2. The van der Waals surface area contributed by atoms with Gasteiger partial charge in [-0.1, -0.05) is 44.2 Å². The zero-order chi connectivity index (χ0) is 12.3. The third kappa shape index (κ3) is 3.08. The van der Waals surface area contributed by atoms with Gasteiger partial charge in [-0.3, -0.25) is 4.90 Å². The molecule has 0 bridgehead atoms. The molecule has 2 atom stereocenters. The number of hydrogen-bond donors (Lipinski definition) is 1. The van der Waals surface area contributed by atoms with Crippen molar-refractivity contribution in [3.63, 3.8) is 0 Å². The van der Waals surface area contributed by atoms with Crippen molar-refractivity contribution in [1.82, 2.24) is 10.2 Å². The minimum atomic E-state index is 0.622. The lowest BCUT2D eigenvalue weighted by molar-refractivity contribution is 0.0696. The summed E-state index contributed by atoms with van der Waals surface area (Å²) in [5, 5.41) is 3.54. The van der Waals surface area contributed by atoms with Gasteiger partial charge in [-0.15, -0.1) is 0 Å². The largest absolute Gasteiger partial charge is 0.314 e. The van der Waals surface area contributed by atoms with Crippen molar-refractivity contribution >= 4 is 0 Å². The van der Waals surface area contributed by atoms with Gasteiger partial charge in [0.2, 0.25) is 0 Å². The summed E-state index contributed by atoms with van der Waals surface area (Å²) >= 11 is 0. The summed E-state index contributed by atoms with van der Waals surface area (Å²) in [6.45, 7) is 10.3. The van der Waals surface area contributed by atoms with Crippen molar-refractivity contribution in [2.45, 2.75) is 39.4 Å². The molecule has 1 saturated heterocycles. The molecule has 1 aliphatic heterocycles. The first-order valence-electron chi connectivity index (χ1n) is 6.69. The van der Waals surface area contributed by atoms with E-state index in [9.17, 15) is 0 Å². The standard InChI is InChI=1S/C15H24N2/c1-12(2)15-10-16-9-13(3)17(15)11-14-7-5-4-6-8-14/h4-8,12-13,15-16H,9-11H2,1-3H3. The van der Waals surface area contributed by atoms with Crippen LogP contribution in [0.25, 0.3) is 0 Å². The van der Waals surface area contributed by atoms with Gasteiger partial charge in [0.05, 0.1) is 0 Å². The normalized spacial score (nSPS) is 26.4. The molecule has 94 valence electrons. The molecule has 1 N–H and O–H groups in total. The van der Waals surface area contributed by atoms with Crippen molar-refractivity contribution in [1.29, 1.82) is 0 Å². The van der Waals surface area contributed by atoms with Crippen LogP contribution in [0.15, 0.2) is 30.3 Å². The molecule has 17 heavy (non-hydrogen) atoms. The zero-order valence-corrected chi connectivity index (χ0v) is 11.2. The van der Waals surface area contributed by atoms with Crippen LogP contribution in [-0.2, 0) is 6.54 Å². The number of nitrogens with one attached hydrogen (secondary N) is 1. The minimum Gasteiger partial charge on any atom is -0.314 e. The van der Waals surface area contributed by atoms with Gasteiger partial charge in [-0.25, -0.2) is 0 Å². The van der Waals surface area contributed by atoms with Crippen LogP contribution in [-0.4, -0.2) is 30.1 Å². The van der Waals surface area contributed by atoms with Crippen LogP contribution in [0.5, 0.6) is 0 Å². The van der Waals surface area contributed by atoms with Gasteiger partial charge in [-0.05, 0) is 18.4 Å². The minimum absolute atomic E-state index is 0.622. The second kappa shape index (κ2) is 5.65. The molecule has 1 aliphatic rings. The summed E-state index contributed by atoms with van der Waals surface area (Å²) in [7, 11) is 0. The van der Waals surface area contributed by atoms with E-state index < -0.39 is 0 Å². The summed E-state index contributed by atoms with van der Waals surface area (Å²) in [6.07, 6.45) is 0. The fraction of sp³-hybridized carbons (Fsp3) is 0.600. The van der Waals surface area contributed by atoms with E-state index in [1.54, 1.807) is 0 Å². The van der Waals surface area contributed by atoms with E-state index in [1.807, 2.05) is 0 Å². The van der Waals surface area contributed by atoms with Crippen molar-refractivity contribution in [3.05, 3.63) is 35.9 Å². The van der Waals surface area contributed by atoms with Crippen LogP contribution in [0.1, 0.15) is 26.3 Å². The van der Waals surface area contributed by atoms with Gasteiger partial charge >= 0.3 is 0 Å². The Balaban J connectivity index is 2.09. The molecular formula is C15H24N2. The van der Waals surface area contributed by atoms with Crippen LogP contribution in [0, 0.1) is 5.92 Å². The lowest BCUT2D eigenvalue weighted by atomic mass is 9.97. The van der Waals surface area contributed by atoms with Gasteiger partial charge < -0.3 is 5.32 Å². The lowest BCUT2D eigenvalue weighted by Gasteiger charge is -2.43. The third-order valence-electron chi connectivity index (χ3n) is 3.76. The lowest BCUT2D eigenvalue weighted by Crippen LogP contribution is -2.57. The summed E-state index contributed by atoms with van der Waals surface area (Å²) in [4.78, 5) is 2.65. The van der Waals surface area contributed by atoms with E-state index in [4.69, 9.17) is 0 Å². The van der Waals surface area contributed by atoms with Crippen LogP contribution >= 0.6 is 0 Å². The first-order chi connectivity index (χ1) is 8.18. The number of benzene rings is 1. The quantitative estimate of drug-likeness (QED) is 0.861. The summed E-state index contributed by atoms with van der Waals surface area (Å²) in [5.41, 5.74) is 1.42. The van der Waals surface area contributed by atoms with Gasteiger partial charge in [0.25, 0.3) is 0 Å². The maximum absolute atomic E-state index is 3.54.